The number of piperidine rings is 1. The Morgan fingerprint density at radius 2 is 1.91 bits per heavy atom. The highest BCUT2D eigenvalue weighted by Crippen LogP contribution is 2.24. The molecule has 1 aliphatic heterocycles. The fraction of sp³-hybridized carbons (Fsp3) is 0.464. The number of ketones is 1. The zero-order valence-electron chi connectivity index (χ0n) is 20.3. The number of Topliss-reactive ketones (excluding diaryl/α,β-unsaturated/α-hetero) is 1. The summed E-state index contributed by atoms with van der Waals surface area (Å²) in [7, 11) is 0. The van der Waals surface area contributed by atoms with Gasteiger partial charge in [-0.1, -0.05) is 48.9 Å². The van der Waals surface area contributed by atoms with Crippen molar-refractivity contribution in [1.29, 1.82) is 0 Å². The van der Waals surface area contributed by atoms with Crippen molar-refractivity contribution in [3.05, 3.63) is 65.2 Å². The van der Waals surface area contributed by atoms with Crippen LogP contribution >= 0.6 is 11.3 Å². The van der Waals surface area contributed by atoms with Crippen molar-refractivity contribution in [2.24, 2.45) is 11.7 Å². The Morgan fingerprint density at radius 1 is 1.11 bits per heavy atom. The number of hydrogen-bond donors (Lipinski definition) is 2. The molecule has 2 heterocycles. The van der Waals surface area contributed by atoms with E-state index in [0.717, 1.165) is 68.4 Å². The molecule has 4 rings (SSSR count). The van der Waals surface area contributed by atoms with Gasteiger partial charge in [-0.15, -0.1) is 11.3 Å². The van der Waals surface area contributed by atoms with E-state index >= 15 is 0 Å². The molecule has 1 aliphatic rings. The molecule has 0 unspecified atom stereocenters. The number of benzene rings is 2. The van der Waals surface area contributed by atoms with Crippen LogP contribution in [0.3, 0.4) is 0 Å². The second-order valence-corrected chi connectivity index (χ2v) is 10.5. The van der Waals surface area contributed by atoms with Crippen LogP contribution in [-0.4, -0.2) is 53.8 Å². The highest BCUT2D eigenvalue weighted by molar-refractivity contribution is 7.20. The Hall–Kier alpha value is -2.61. The maximum absolute atomic E-state index is 13.4. The first-order valence-electron chi connectivity index (χ1n) is 12.8. The number of fused-ring (bicyclic) bond motifs is 1. The SMILES string of the molecule is NCCCC[C@@H](NC[C@@H]1CCCN(C(=O)CCc2ccccc2)C1)C(=O)c1nc2ccccc2s1. The van der Waals surface area contributed by atoms with Crippen LogP contribution in [0, 0.1) is 5.92 Å². The van der Waals surface area contributed by atoms with Crippen LogP contribution in [0.1, 0.15) is 53.9 Å². The normalized spacial score (nSPS) is 16.9. The molecule has 35 heavy (non-hydrogen) atoms. The van der Waals surface area contributed by atoms with Crippen LogP contribution in [0.25, 0.3) is 10.2 Å². The van der Waals surface area contributed by atoms with Gasteiger partial charge in [0.25, 0.3) is 0 Å². The first-order valence-corrected chi connectivity index (χ1v) is 13.6. The Morgan fingerprint density at radius 3 is 2.71 bits per heavy atom. The summed E-state index contributed by atoms with van der Waals surface area (Å²) in [5, 5.41) is 4.11. The van der Waals surface area contributed by atoms with Gasteiger partial charge in [0.2, 0.25) is 11.7 Å². The van der Waals surface area contributed by atoms with E-state index in [2.05, 4.69) is 22.4 Å². The minimum absolute atomic E-state index is 0.0647. The number of carbonyl (C=O) groups excluding carboxylic acids is 2. The predicted molar refractivity (Wildman–Crippen MR) is 143 cm³/mol. The second-order valence-electron chi connectivity index (χ2n) is 9.43. The summed E-state index contributed by atoms with van der Waals surface area (Å²) < 4.78 is 1.04. The third kappa shape index (κ3) is 7.19. The fourth-order valence-electron chi connectivity index (χ4n) is 4.77. The lowest BCUT2D eigenvalue weighted by molar-refractivity contribution is -0.132. The van der Waals surface area contributed by atoms with E-state index in [0.29, 0.717) is 23.9 Å². The van der Waals surface area contributed by atoms with Crippen LogP contribution in [-0.2, 0) is 11.2 Å². The van der Waals surface area contributed by atoms with Gasteiger partial charge in [0.05, 0.1) is 16.3 Å². The molecular formula is C28H36N4O2S. The van der Waals surface area contributed by atoms with Gasteiger partial charge in [-0.3, -0.25) is 9.59 Å². The van der Waals surface area contributed by atoms with Gasteiger partial charge in [0, 0.05) is 26.1 Å². The summed E-state index contributed by atoms with van der Waals surface area (Å²) in [6, 6.07) is 17.8. The highest BCUT2D eigenvalue weighted by atomic mass is 32.1. The summed E-state index contributed by atoms with van der Waals surface area (Å²) in [6.45, 7) is 2.94. The van der Waals surface area contributed by atoms with Crippen molar-refractivity contribution < 1.29 is 9.59 Å². The van der Waals surface area contributed by atoms with Gasteiger partial charge < -0.3 is 16.0 Å². The molecule has 0 aliphatic carbocycles. The summed E-state index contributed by atoms with van der Waals surface area (Å²) in [6.07, 6.45) is 5.95. The van der Waals surface area contributed by atoms with Crippen LogP contribution < -0.4 is 11.1 Å². The van der Waals surface area contributed by atoms with Gasteiger partial charge >= 0.3 is 0 Å². The monoisotopic (exact) mass is 492 g/mol. The Bertz CT molecular complexity index is 1070. The van der Waals surface area contributed by atoms with Gasteiger partial charge in [0.1, 0.15) is 0 Å². The number of nitrogens with zero attached hydrogens (tertiary/aromatic N) is 2. The molecule has 6 nitrogen and oxygen atoms in total. The standard InChI is InChI=1S/C28H36N4O2S/c29-17-7-6-13-24(27(34)28-31-23-12-4-5-14-25(23)35-28)30-19-22-11-8-18-32(20-22)26(33)16-15-21-9-2-1-3-10-21/h1-5,9-10,12,14,22,24,30H,6-8,11,13,15-20,29H2/t22-,24+/m0/s1. The van der Waals surface area contributed by atoms with E-state index in [1.807, 2.05) is 47.4 Å². The third-order valence-electron chi connectivity index (χ3n) is 6.76. The van der Waals surface area contributed by atoms with Crippen LogP contribution in [0.4, 0.5) is 0 Å². The molecule has 0 radical (unpaired) electrons. The lowest BCUT2D eigenvalue weighted by Crippen LogP contribution is -2.46. The number of hydrogen-bond acceptors (Lipinski definition) is 6. The quantitative estimate of drug-likeness (QED) is 0.288. The van der Waals surface area contributed by atoms with Crippen molar-refractivity contribution in [3.8, 4) is 0 Å². The molecule has 1 fully saturated rings. The van der Waals surface area contributed by atoms with E-state index in [9.17, 15) is 9.59 Å². The van der Waals surface area contributed by atoms with Gasteiger partial charge in [-0.25, -0.2) is 4.98 Å². The van der Waals surface area contributed by atoms with Crippen molar-refractivity contribution in [2.45, 2.75) is 51.0 Å². The molecule has 0 bridgehead atoms. The number of thiazole rings is 1. The van der Waals surface area contributed by atoms with Crippen LogP contribution in [0.15, 0.2) is 54.6 Å². The van der Waals surface area contributed by atoms with E-state index < -0.39 is 0 Å². The van der Waals surface area contributed by atoms with Gasteiger partial charge in [-0.05, 0) is 62.3 Å². The largest absolute Gasteiger partial charge is 0.342 e. The van der Waals surface area contributed by atoms with Crippen LogP contribution in [0.5, 0.6) is 0 Å². The number of aromatic nitrogens is 1. The summed E-state index contributed by atoms with van der Waals surface area (Å²) in [4.78, 5) is 32.8. The van der Waals surface area contributed by atoms with Crippen molar-refractivity contribution >= 4 is 33.2 Å². The number of nitrogens with one attached hydrogen (secondary N) is 1. The second kappa shape index (κ2) is 12.9. The number of amides is 1. The topological polar surface area (TPSA) is 88.3 Å². The summed E-state index contributed by atoms with van der Waals surface area (Å²) in [5.74, 6) is 0.642. The number of nitrogens with two attached hydrogens (primary N) is 1. The van der Waals surface area contributed by atoms with Crippen molar-refractivity contribution in [2.75, 3.05) is 26.2 Å². The number of carbonyl (C=O) groups is 2. The highest BCUT2D eigenvalue weighted by Gasteiger charge is 2.27. The molecule has 0 spiro atoms. The van der Waals surface area contributed by atoms with Crippen molar-refractivity contribution in [1.82, 2.24) is 15.2 Å². The lowest BCUT2D eigenvalue weighted by Gasteiger charge is -2.33. The lowest BCUT2D eigenvalue weighted by atomic mass is 9.96. The van der Waals surface area contributed by atoms with Gasteiger partial charge in [-0.2, -0.15) is 0 Å². The average Bonchev–Trinajstić information content (AvgIpc) is 3.34. The minimum Gasteiger partial charge on any atom is -0.342 e. The third-order valence-corrected chi connectivity index (χ3v) is 7.81. The Balaban J connectivity index is 1.33. The number of rotatable bonds is 12. The molecule has 1 amide bonds. The Labute approximate surface area is 211 Å². The maximum Gasteiger partial charge on any atom is 0.222 e. The predicted octanol–water partition coefficient (Wildman–Crippen LogP) is 4.44. The van der Waals surface area contributed by atoms with Crippen molar-refractivity contribution in [3.63, 3.8) is 0 Å². The van der Waals surface area contributed by atoms with E-state index in [-0.39, 0.29) is 17.7 Å². The minimum atomic E-state index is -0.272. The smallest absolute Gasteiger partial charge is 0.222 e. The number of likely N-dealkylation sites (tertiary alicyclic amines) is 1. The molecule has 3 aromatic rings. The molecule has 2 atom stereocenters. The first kappa shape index (κ1) is 25.5. The summed E-state index contributed by atoms with van der Waals surface area (Å²) >= 11 is 1.46. The molecule has 1 aromatic heterocycles. The van der Waals surface area contributed by atoms with Gasteiger partial charge in [0.15, 0.2) is 5.01 Å². The molecule has 2 aromatic carbocycles. The van der Waals surface area contributed by atoms with E-state index in [1.54, 1.807) is 0 Å². The van der Waals surface area contributed by atoms with E-state index in [4.69, 9.17) is 5.73 Å². The molecule has 186 valence electrons. The fourth-order valence-corrected chi connectivity index (χ4v) is 5.73. The summed E-state index contributed by atoms with van der Waals surface area (Å²) in [5.41, 5.74) is 7.77. The number of para-hydroxylation sites is 1. The zero-order valence-corrected chi connectivity index (χ0v) is 21.1. The zero-order chi connectivity index (χ0) is 24.5. The molecule has 7 heteroatoms. The molecular weight excluding hydrogens is 456 g/mol. The number of aryl methyl sites for hydroxylation is 1. The first-order chi connectivity index (χ1) is 17.1. The van der Waals surface area contributed by atoms with E-state index in [1.165, 1.54) is 16.9 Å². The molecule has 0 saturated carbocycles. The van der Waals surface area contributed by atoms with Crippen LogP contribution in [0.2, 0.25) is 0 Å². The average molecular weight is 493 g/mol. The Kier molecular flexibility index (Phi) is 9.40. The maximum atomic E-state index is 13.4. The molecule has 3 N–H and O–H groups in total. The number of unbranched alkanes of at least 4 members (excludes halogenated alkanes) is 1. The molecule has 1 saturated heterocycles.